The molecular weight excluding hydrogens is 306 g/mol. The molecule has 0 unspecified atom stereocenters. The molecule has 0 aromatic heterocycles. The lowest BCUT2D eigenvalue weighted by atomic mass is 10.1. The highest BCUT2D eigenvalue weighted by Crippen LogP contribution is 2.25. The maximum absolute atomic E-state index is 13.3. The quantitative estimate of drug-likeness (QED) is 0.781. The highest BCUT2D eigenvalue weighted by molar-refractivity contribution is 7.99. The van der Waals surface area contributed by atoms with Gasteiger partial charge in [-0.05, 0) is 30.2 Å². The second-order valence-electron chi connectivity index (χ2n) is 5.45. The van der Waals surface area contributed by atoms with E-state index in [2.05, 4.69) is 12.2 Å². The van der Waals surface area contributed by atoms with E-state index in [0.29, 0.717) is 24.6 Å². The van der Waals surface area contributed by atoms with Crippen LogP contribution in [0.4, 0.5) is 14.5 Å². The van der Waals surface area contributed by atoms with E-state index in [-0.39, 0.29) is 5.91 Å². The Bertz CT molecular complexity index is 513. The number of hydrogen-bond donors (Lipinski definition) is 1. The Morgan fingerprint density at radius 1 is 1.41 bits per heavy atom. The lowest BCUT2D eigenvalue weighted by Gasteiger charge is -2.19. The largest absolute Gasteiger partial charge is 0.371 e. The van der Waals surface area contributed by atoms with Gasteiger partial charge < -0.3 is 10.2 Å². The molecule has 122 valence electrons. The van der Waals surface area contributed by atoms with E-state index in [1.54, 1.807) is 17.8 Å². The Morgan fingerprint density at radius 3 is 2.95 bits per heavy atom. The zero-order valence-corrected chi connectivity index (χ0v) is 13.6. The van der Waals surface area contributed by atoms with Gasteiger partial charge in [0, 0.05) is 43.6 Å². The predicted octanol–water partition coefficient (Wildman–Crippen LogP) is 3.05. The van der Waals surface area contributed by atoms with Crippen LogP contribution in [0.2, 0.25) is 0 Å². The molecule has 0 spiro atoms. The van der Waals surface area contributed by atoms with Crippen LogP contribution in [0.1, 0.15) is 19.8 Å². The van der Waals surface area contributed by atoms with E-state index < -0.39 is 11.6 Å². The molecule has 0 aliphatic carbocycles. The van der Waals surface area contributed by atoms with E-state index >= 15 is 0 Å². The van der Waals surface area contributed by atoms with Crippen LogP contribution in [0.3, 0.4) is 0 Å². The number of nitrogens with zero attached hydrogens (tertiary/aromatic N) is 1. The molecule has 22 heavy (non-hydrogen) atoms. The van der Waals surface area contributed by atoms with E-state index in [1.165, 1.54) is 6.07 Å². The first kappa shape index (κ1) is 17.1. The first-order chi connectivity index (χ1) is 10.6. The Morgan fingerprint density at radius 2 is 2.23 bits per heavy atom. The van der Waals surface area contributed by atoms with Gasteiger partial charge in [-0.15, -0.1) is 0 Å². The van der Waals surface area contributed by atoms with Crippen molar-refractivity contribution in [3.63, 3.8) is 0 Å². The summed E-state index contributed by atoms with van der Waals surface area (Å²) in [5, 5.41) is 2.96. The molecule has 1 saturated heterocycles. The van der Waals surface area contributed by atoms with Gasteiger partial charge in [-0.2, -0.15) is 11.8 Å². The summed E-state index contributed by atoms with van der Waals surface area (Å²) in [4.78, 5) is 13.7. The Hall–Kier alpha value is -1.30. The van der Waals surface area contributed by atoms with Gasteiger partial charge in [-0.25, -0.2) is 8.78 Å². The van der Waals surface area contributed by atoms with Gasteiger partial charge in [0.15, 0.2) is 11.6 Å². The summed E-state index contributed by atoms with van der Waals surface area (Å²) >= 11 is 1.76. The maximum Gasteiger partial charge on any atom is 0.220 e. The average molecular weight is 328 g/mol. The number of anilines is 1. The lowest BCUT2D eigenvalue weighted by Crippen LogP contribution is -2.31. The molecule has 1 aromatic rings. The van der Waals surface area contributed by atoms with Crippen molar-refractivity contribution in [2.75, 3.05) is 36.0 Å². The molecular formula is C16H22F2N2OS. The van der Waals surface area contributed by atoms with Crippen LogP contribution < -0.4 is 10.2 Å². The third-order valence-corrected chi connectivity index (χ3v) is 4.72. The topological polar surface area (TPSA) is 32.3 Å². The molecule has 0 bridgehead atoms. The van der Waals surface area contributed by atoms with Crippen LogP contribution in [0.5, 0.6) is 0 Å². The number of benzene rings is 1. The van der Waals surface area contributed by atoms with Crippen LogP contribution >= 0.6 is 11.8 Å². The number of nitrogens with one attached hydrogen (secondary N) is 1. The summed E-state index contributed by atoms with van der Waals surface area (Å²) in [7, 11) is 0. The van der Waals surface area contributed by atoms with Crippen molar-refractivity contribution in [2.24, 2.45) is 5.92 Å². The summed E-state index contributed by atoms with van der Waals surface area (Å²) in [6.45, 7) is 4.29. The molecule has 0 saturated carbocycles. The number of carbonyl (C=O) groups excluding carboxylic acids is 1. The van der Waals surface area contributed by atoms with Crippen molar-refractivity contribution in [1.82, 2.24) is 5.32 Å². The molecule has 0 radical (unpaired) electrons. The van der Waals surface area contributed by atoms with Crippen molar-refractivity contribution < 1.29 is 13.6 Å². The minimum absolute atomic E-state index is 0.0900. The van der Waals surface area contributed by atoms with Crippen molar-refractivity contribution in [1.29, 1.82) is 0 Å². The van der Waals surface area contributed by atoms with Gasteiger partial charge in [-0.3, -0.25) is 4.79 Å². The molecule has 6 heteroatoms. The van der Waals surface area contributed by atoms with Crippen LogP contribution in [0.15, 0.2) is 18.2 Å². The molecule has 1 aromatic carbocycles. The van der Waals surface area contributed by atoms with Crippen molar-refractivity contribution >= 4 is 23.4 Å². The van der Waals surface area contributed by atoms with Crippen molar-refractivity contribution in [3.05, 3.63) is 29.8 Å². The standard InChI is InChI=1S/C16H22F2N2OS/c1-2-22-8-6-16(21)19-10-12-5-7-20(11-12)13-3-4-14(17)15(18)9-13/h3-4,9,12H,2,5-8,10-11H2,1H3,(H,19,21)/t12-/m0/s1. The van der Waals surface area contributed by atoms with Crippen LogP contribution in [0.25, 0.3) is 0 Å². The molecule has 1 heterocycles. The SMILES string of the molecule is CCSCCC(=O)NC[C@@H]1CCN(c2ccc(F)c(F)c2)C1. The van der Waals surface area contributed by atoms with E-state index in [1.807, 2.05) is 4.90 Å². The smallest absolute Gasteiger partial charge is 0.220 e. The normalized spacial score (nSPS) is 17.8. The monoisotopic (exact) mass is 328 g/mol. The van der Waals surface area contributed by atoms with E-state index in [0.717, 1.165) is 37.1 Å². The second kappa shape index (κ2) is 8.36. The van der Waals surface area contributed by atoms with Crippen molar-refractivity contribution in [2.45, 2.75) is 19.8 Å². The summed E-state index contributed by atoms with van der Waals surface area (Å²) in [5.41, 5.74) is 0.701. The number of hydrogen-bond acceptors (Lipinski definition) is 3. The molecule has 1 fully saturated rings. The first-order valence-electron chi connectivity index (χ1n) is 7.64. The maximum atomic E-state index is 13.3. The third-order valence-electron chi connectivity index (χ3n) is 3.82. The summed E-state index contributed by atoms with van der Waals surface area (Å²) in [5.74, 6) is 0.690. The van der Waals surface area contributed by atoms with Crippen LogP contribution in [0, 0.1) is 17.6 Å². The lowest BCUT2D eigenvalue weighted by molar-refractivity contribution is -0.120. The van der Waals surface area contributed by atoms with Crippen LogP contribution in [-0.4, -0.2) is 37.0 Å². The van der Waals surface area contributed by atoms with Gasteiger partial charge in [0.2, 0.25) is 5.91 Å². The van der Waals surface area contributed by atoms with Crippen molar-refractivity contribution in [3.8, 4) is 0 Å². The van der Waals surface area contributed by atoms with E-state index in [4.69, 9.17) is 0 Å². The molecule has 1 amide bonds. The first-order valence-corrected chi connectivity index (χ1v) is 8.80. The molecule has 1 aliphatic rings. The highest BCUT2D eigenvalue weighted by atomic mass is 32.2. The number of halogens is 2. The minimum atomic E-state index is -0.822. The van der Waals surface area contributed by atoms with Gasteiger partial charge in [0.25, 0.3) is 0 Å². The predicted molar refractivity (Wildman–Crippen MR) is 87.3 cm³/mol. The number of rotatable bonds is 7. The minimum Gasteiger partial charge on any atom is -0.371 e. The molecule has 1 atom stereocenters. The fourth-order valence-electron chi connectivity index (χ4n) is 2.57. The zero-order chi connectivity index (χ0) is 15.9. The molecule has 1 aliphatic heterocycles. The number of thioether (sulfide) groups is 1. The van der Waals surface area contributed by atoms with Gasteiger partial charge in [-0.1, -0.05) is 6.92 Å². The molecule has 1 N–H and O–H groups in total. The zero-order valence-electron chi connectivity index (χ0n) is 12.8. The number of amides is 1. The Balaban J connectivity index is 1.75. The molecule has 2 rings (SSSR count). The summed E-state index contributed by atoms with van der Waals surface area (Å²) in [6.07, 6.45) is 1.50. The van der Waals surface area contributed by atoms with E-state index in [9.17, 15) is 13.6 Å². The summed E-state index contributed by atoms with van der Waals surface area (Å²) < 4.78 is 26.2. The average Bonchev–Trinajstić information content (AvgIpc) is 2.97. The Kier molecular flexibility index (Phi) is 6.49. The highest BCUT2D eigenvalue weighted by Gasteiger charge is 2.23. The summed E-state index contributed by atoms with van der Waals surface area (Å²) in [6, 6.07) is 3.99. The van der Waals surface area contributed by atoms with Gasteiger partial charge >= 0.3 is 0 Å². The molecule has 3 nitrogen and oxygen atoms in total. The number of carbonyl (C=O) groups is 1. The second-order valence-corrected chi connectivity index (χ2v) is 6.84. The third kappa shape index (κ3) is 4.87. The van der Waals surface area contributed by atoms with Crippen LogP contribution in [-0.2, 0) is 4.79 Å². The Labute approximate surface area is 134 Å². The fourth-order valence-corrected chi connectivity index (χ4v) is 3.19. The van der Waals surface area contributed by atoms with Gasteiger partial charge in [0.05, 0.1) is 0 Å². The fraction of sp³-hybridized carbons (Fsp3) is 0.562. The van der Waals surface area contributed by atoms with Gasteiger partial charge in [0.1, 0.15) is 0 Å².